The maximum absolute atomic E-state index is 12.8. The second-order valence-corrected chi connectivity index (χ2v) is 8.49. The normalized spacial score (nSPS) is 35.7. The van der Waals surface area contributed by atoms with E-state index in [2.05, 4.69) is 6.92 Å². The minimum atomic E-state index is -0.655. The van der Waals surface area contributed by atoms with Crippen LogP contribution in [-0.2, 0) is 23.7 Å². The van der Waals surface area contributed by atoms with Gasteiger partial charge in [-0.25, -0.2) is 4.79 Å². The Labute approximate surface area is 145 Å². The lowest BCUT2D eigenvalue weighted by Crippen LogP contribution is -2.42. The molecule has 5 heteroatoms. The molecule has 0 N–H and O–H groups in total. The lowest BCUT2D eigenvalue weighted by atomic mass is 9.85. The van der Waals surface area contributed by atoms with E-state index in [-0.39, 0.29) is 18.0 Å². The molecule has 0 aromatic rings. The van der Waals surface area contributed by atoms with Gasteiger partial charge in [0.2, 0.25) is 0 Å². The lowest BCUT2D eigenvalue weighted by Gasteiger charge is -2.32. The summed E-state index contributed by atoms with van der Waals surface area (Å²) in [5.41, 5.74) is -0.595. The van der Waals surface area contributed by atoms with Gasteiger partial charge in [0, 0.05) is 5.92 Å². The van der Waals surface area contributed by atoms with E-state index in [9.17, 15) is 4.79 Å². The summed E-state index contributed by atoms with van der Waals surface area (Å²) in [4.78, 5) is 12.8. The van der Waals surface area contributed by atoms with Crippen LogP contribution >= 0.6 is 0 Å². The van der Waals surface area contributed by atoms with Crippen molar-refractivity contribution in [2.45, 2.75) is 84.4 Å². The van der Waals surface area contributed by atoms with Crippen LogP contribution in [0.15, 0.2) is 11.8 Å². The Balaban J connectivity index is 2.36. The van der Waals surface area contributed by atoms with Crippen LogP contribution in [0.1, 0.15) is 61.3 Å². The highest BCUT2D eigenvalue weighted by atomic mass is 16.8. The van der Waals surface area contributed by atoms with Gasteiger partial charge in [-0.3, -0.25) is 0 Å². The van der Waals surface area contributed by atoms with E-state index in [1.807, 2.05) is 41.5 Å². The second-order valence-electron chi connectivity index (χ2n) is 8.49. The molecule has 0 unspecified atom stereocenters. The first-order valence-corrected chi connectivity index (χ1v) is 8.77. The Morgan fingerprint density at radius 3 is 2.42 bits per heavy atom. The lowest BCUT2D eigenvalue weighted by molar-refractivity contribution is -0.177. The quantitative estimate of drug-likeness (QED) is 0.442. The van der Waals surface area contributed by atoms with E-state index in [4.69, 9.17) is 18.9 Å². The standard InChI is InChI=1S/C19H32O5/c1-9-12-10-14(19(7)15(12)22-18(5,6)24-19)13(11-21-8)16(20)23-17(2,3)4/h11-12,14-15H,9-10H2,1-8H3/b13-11-/t12-,14-,15+,19-/m0/s1. The van der Waals surface area contributed by atoms with Crippen LogP contribution in [0, 0.1) is 11.8 Å². The van der Waals surface area contributed by atoms with Crippen LogP contribution in [0.25, 0.3) is 0 Å². The average molecular weight is 340 g/mol. The van der Waals surface area contributed by atoms with Gasteiger partial charge in [-0.05, 0) is 53.9 Å². The fourth-order valence-electron chi connectivity index (χ4n) is 4.08. The topological polar surface area (TPSA) is 54.0 Å². The highest BCUT2D eigenvalue weighted by molar-refractivity contribution is 5.89. The van der Waals surface area contributed by atoms with Crippen LogP contribution in [0.5, 0.6) is 0 Å². The monoisotopic (exact) mass is 340 g/mol. The first kappa shape index (κ1) is 19.3. The number of rotatable bonds is 4. The van der Waals surface area contributed by atoms with Crippen molar-refractivity contribution in [3.8, 4) is 0 Å². The molecule has 2 rings (SSSR count). The molecule has 0 spiro atoms. The zero-order valence-electron chi connectivity index (χ0n) is 16.3. The Hall–Kier alpha value is -1.07. The Morgan fingerprint density at radius 1 is 1.29 bits per heavy atom. The number of hydrogen-bond acceptors (Lipinski definition) is 5. The molecule has 0 bridgehead atoms. The molecule has 2 fully saturated rings. The first-order chi connectivity index (χ1) is 10.9. The second kappa shape index (κ2) is 6.34. The predicted molar refractivity (Wildman–Crippen MR) is 91.3 cm³/mol. The summed E-state index contributed by atoms with van der Waals surface area (Å²) >= 11 is 0. The molecule has 1 aliphatic heterocycles. The average Bonchev–Trinajstić information content (AvgIpc) is 2.80. The van der Waals surface area contributed by atoms with Gasteiger partial charge in [0.25, 0.3) is 0 Å². The van der Waals surface area contributed by atoms with Crippen molar-refractivity contribution in [2.75, 3.05) is 7.11 Å². The van der Waals surface area contributed by atoms with Crippen molar-refractivity contribution < 1.29 is 23.7 Å². The minimum absolute atomic E-state index is 0.0369. The van der Waals surface area contributed by atoms with Crippen molar-refractivity contribution in [2.24, 2.45) is 11.8 Å². The third-order valence-corrected chi connectivity index (χ3v) is 4.88. The molecule has 1 saturated carbocycles. The van der Waals surface area contributed by atoms with Gasteiger partial charge >= 0.3 is 5.97 Å². The third kappa shape index (κ3) is 3.62. The highest BCUT2D eigenvalue weighted by Gasteiger charge is 2.63. The van der Waals surface area contributed by atoms with E-state index in [0.717, 1.165) is 12.8 Å². The maximum Gasteiger partial charge on any atom is 0.338 e. The number of ether oxygens (including phenoxy) is 4. The number of fused-ring (bicyclic) bond motifs is 1. The first-order valence-electron chi connectivity index (χ1n) is 8.77. The van der Waals surface area contributed by atoms with E-state index in [1.165, 1.54) is 6.26 Å². The Morgan fingerprint density at radius 2 is 1.92 bits per heavy atom. The molecular formula is C19H32O5. The summed E-state index contributed by atoms with van der Waals surface area (Å²) in [6.07, 6.45) is 3.27. The molecule has 24 heavy (non-hydrogen) atoms. The summed E-state index contributed by atoms with van der Waals surface area (Å²) in [6.45, 7) is 13.6. The van der Waals surface area contributed by atoms with Gasteiger partial charge in [-0.2, -0.15) is 0 Å². The SMILES string of the molecule is CC[C@H]1C[C@@H](/C(=C/OC)C(=O)OC(C)(C)C)[C@]2(C)OC(C)(C)O[C@H]12. The molecule has 0 amide bonds. The molecule has 138 valence electrons. The summed E-state index contributed by atoms with van der Waals surface area (Å²) in [5, 5.41) is 0. The zero-order valence-corrected chi connectivity index (χ0v) is 16.3. The summed E-state index contributed by atoms with van der Waals surface area (Å²) in [6, 6.07) is 0. The maximum atomic E-state index is 12.8. The predicted octanol–water partition coefficient (Wildman–Crippen LogP) is 3.81. The van der Waals surface area contributed by atoms with Gasteiger partial charge in [-0.1, -0.05) is 13.3 Å². The summed E-state index contributed by atoms with van der Waals surface area (Å²) < 4.78 is 23.3. The van der Waals surface area contributed by atoms with Crippen LogP contribution < -0.4 is 0 Å². The number of methoxy groups -OCH3 is 1. The Bertz CT molecular complexity index is 516. The highest BCUT2D eigenvalue weighted by Crippen LogP contribution is 2.55. The molecule has 5 nitrogen and oxygen atoms in total. The van der Waals surface area contributed by atoms with Gasteiger partial charge in [0.1, 0.15) is 11.2 Å². The van der Waals surface area contributed by atoms with Crippen LogP contribution in [-0.4, -0.2) is 36.2 Å². The van der Waals surface area contributed by atoms with Gasteiger partial charge in [0.15, 0.2) is 5.79 Å². The van der Waals surface area contributed by atoms with E-state index < -0.39 is 17.0 Å². The third-order valence-electron chi connectivity index (χ3n) is 4.88. The molecule has 4 atom stereocenters. The molecular weight excluding hydrogens is 308 g/mol. The summed E-state index contributed by atoms with van der Waals surface area (Å²) in [7, 11) is 1.55. The molecule has 0 radical (unpaired) electrons. The van der Waals surface area contributed by atoms with Crippen LogP contribution in [0.3, 0.4) is 0 Å². The number of hydrogen-bond donors (Lipinski definition) is 0. The van der Waals surface area contributed by atoms with Crippen molar-refractivity contribution in [1.29, 1.82) is 0 Å². The van der Waals surface area contributed by atoms with E-state index in [0.29, 0.717) is 11.5 Å². The van der Waals surface area contributed by atoms with E-state index in [1.54, 1.807) is 7.11 Å². The van der Waals surface area contributed by atoms with Crippen molar-refractivity contribution in [1.82, 2.24) is 0 Å². The largest absolute Gasteiger partial charge is 0.504 e. The Kier molecular flexibility index (Phi) is 5.09. The molecule has 1 aliphatic carbocycles. The summed E-state index contributed by atoms with van der Waals surface area (Å²) in [5.74, 6) is -0.787. The molecule has 2 aliphatic rings. The number of esters is 1. The van der Waals surface area contributed by atoms with Crippen LogP contribution in [0.2, 0.25) is 0 Å². The van der Waals surface area contributed by atoms with Crippen molar-refractivity contribution >= 4 is 5.97 Å². The van der Waals surface area contributed by atoms with Gasteiger partial charge in [0.05, 0.1) is 25.0 Å². The van der Waals surface area contributed by atoms with Crippen molar-refractivity contribution in [3.05, 3.63) is 11.8 Å². The minimum Gasteiger partial charge on any atom is -0.504 e. The fraction of sp³-hybridized carbons (Fsp3) is 0.842. The van der Waals surface area contributed by atoms with Gasteiger partial charge in [-0.15, -0.1) is 0 Å². The molecule has 1 heterocycles. The van der Waals surface area contributed by atoms with Gasteiger partial charge < -0.3 is 18.9 Å². The molecule has 1 saturated heterocycles. The van der Waals surface area contributed by atoms with Crippen LogP contribution in [0.4, 0.5) is 0 Å². The van der Waals surface area contributed by atoms with Crippen molar-refractivity contribution in [3.63, 3.8) is 0 Å². The number of carbonyl (C=O) groups is 1. The fourth-order valence-corrected chi connectivity index (χ4v) is 4.08. The molecule has 0 aromatic heterocycles. The molecule has 0 aromatic carbocycles. The smallest absolute Gasteiger partial charge is 0.338 e. The number of carbonyl (C=O) groups excluding carboxylic acids is 1. The van der Waals surface area contributed by atoms with E-state index >= 15 is 0 Å². The zero-order chi connectivity index (χ0) is 18.3.